The molecule has 0 bridgehead atoms. The molecule has 1 fully saturated rings. The minimum absolute atomic E-state index is 0.163. The van der Waals surface area contributed by atoms with E-state index in [2.05, 4.69) is 33.9 Å². The van der Waals surface area contributed by atoms with Crippen LogP contribution >= 0.6 is 0 Å². The Morgan fingerprint density at radius 2 is 2.11 bits per heavy atom. The Morgan fingerprint density at radius 3 is 2.74 bits per heavy atom. The fourth-order valence-electron chi connectivity index (χ4n) is 2.73. The van der Waals surface area contributed by atoms with Gasteiger partial charge in [0.15, 0.2) is 0 Å². The second-order valence-corrected chi connectivity index (χ2v) is 5.33. The molecule has 4 nitrogen and oxygen atoms in total. The zero-order valence-corrected chi connectivity index (χ0v) is 11.4. The molecule has 0 saturated carbocycles. The van der Waals surface area contributed by atoms with E-state index in [4.69, 9.17) is 4.74 Å². The first kappa shape index (κ1) is 12.2. The molecule has 4 heteroatoms. The summed E-state index contributed by atoms with van der Waals surface area (Å²) in [7, 11) is 1.68. The second-order valence-electron chi connectivity index (χ2n) is 5.33. The van der Waals surface area contributed by atoms with E-state index in [1.54, 1.807) is 7.11 Å². The fraction of sp³-hybridized carbons (Fsp3) is 0.400. The van der Waals surface area contributed by atoms with Crippen LogP contribution in [0.3, 0.4) is 0 Å². The van der Waals surface area contributed by atoms with Crippen molar-refractivity contribution in [2.75, 3.05) is 20.2 Å². The van der Waals surface area contributed by atoms with Crippen LogP contribution in [0.15, 0.2) is 36.8 Å². The van der Waals surface area contributed by atoms with E-state index in [0.29, 0.717) is 0 Å². The molecule has 0 amide bonds. The molecular formula is C15H19N3O. The van der Waals surface area contributed by atoms with Crippen molar-refractivity contribution in [2.45, 2.75) is 18.8 Å². The molecule has 2 heterocycles. The van der Waals surface area contributed by atoms with Gasteiger partial charge in [0, 0.05) is 29.5 Å². The summed E-state index contributed by atoms with van der Waals surface area (Å²) in [5, 5.41) is 3.44. The Labute approximate surface area is 113 Å². The fourth-order valence-corrected chi connectivity index (χ4v) is 2.73. The Bertz CT molecular complexity index is 553. The van der Waals surface area contributed by atoms with Crippen LogP contribution in [0.4, 0.5) is 0 Å². The van der Waals surface area contributed by atoms with Gasteiger partial charge in [0.25, 0.3) is 0 Å². The lowest BCUT2D eigenvalue weighted by Gasteiger charge is -2.24. The Morgan fingerprint density at radius 1 is 1.32 bits per heavy atom. The van der Waals surface area contributed by atoms with Crippen LogP contribution in [-0.2, 0) is 5.41 Å². The number of nitrogens with zero attached hydrogens (tertiary/aromatic N) is 2. The topological polar surface area (TPSA) is 39.1 Å². The number of benzene rings is 1. The van der Waals surface area contributed by atoms with Gasteiger partial charge in [0.1, 0.15) is 5.75 Å². The molecule has 1 aromatic carbocycles. The summed E-state index contributed by atoms with van der Waals surface area (Å²) in [4.78, 5) is 4.33. The summed E-state index contributed by atoms with van der Waals surface area (Å²) in [5.41, 5.74) is 2.56. The molecule has 100 valence electrons. The van der Waals surface area contributed by atoms with Crippen molar-refractivity contribution in [3.63, 3.8) is 0 Å². The minimum atomic E-state index is 0.163. The number of imidazole rings is 1. The molecule has 1 saturated heterocycles. The molecule has 3 rings (SSSR count). The minimum Gasteiger partial charge on any atom is -0.497 e. The van der Waals surface area contributed by atoms with E-state index in [-0.39, 0.29) is 5.41 Å². The highest BCUT2D eigenvalue weighted by atomic mass is 16.5. The second kappa shape index (κ2) is 4.70. The molecule has 0 spiro atoms. The summed E-state index contributed by atoms with van der Waals surface area (Å²) in [6, 6.07) is 8.09. The monoisotopic (exact) mass is 257 g/mol. The number of rotatable bonds is 3. The number of aromatic nitrogens is 2. The first-order valence-corrected chi connectivity index (χ1v) is 6.61. The summed E-state index contributed by atoms with van der Waals surface area (Å²) in [6.45, 7) is 4.38. The first-order chi connectivity index (χ1) is 9.23. The van der Waals surface area contributed by atoms with Crippen molar-refractivity contribution in [1.29, 1.82) is 0 Å². The van der Waals surface area contributed by atoms with E-state index in [1.165, 1.54) is 5.69 Å². The highest BCUT2D eigenvalue weighted by Gasteiger charge is 2.33. The van der Waals surface area contributed by atoms with Crippen LogP contribution in [0.2, 0.25) is 0 Å². The Kier molecular flexibility index (Phi) is 3.03. The van der Waals surface area contributed by atoms with Crippen LogP contribution in [0.1, 0.15) is 19.0 Å². The van der Waals surface area contributed by atoms with E-state index in [9.17, 15) is 0 Å². The van der Waals surface area contributed by atoms with Gasteiger partial charge in [-0.2, -0.15) is 0 Å². The lowest BCUT2D eigenvalue weighted by atomic mass is 9.86. The van der Waals surface area contributed by atoms with Gasteiger partial charge in [-0.1, -0.05) is 6.92 Å². The standard InChI is InChI=1S/C15H19N3O/c1-15(7-8-16-10-15)14-9-17-11-18(14)12-3-5-13(19-2)6-4-12/h3-6,9,11,16H,7-8,10H2,1-2H3. The third kappa shape index (κ3) is 2.12. The van der Waals surface area contributed by atoms with E-state index in [1.807, 2.05) is 24.7 Å². The quantitative estimate of drug-likeness (QED) is 0.915. The maximum Gasteiger partial charge on any atom is 0.119 e. The van der Waals surface area contributed by atoms with E-state index in [0.717, 1.165) is 30.9 Å². The van der Waals surface area contributed by atoms with Gasteiger partial charge in [0.05, 0.1) is 13.4 Å². The third-order valence-electron chi connectivity index (χ3n) is 3.98. The van der Waals surface area contributed by atoms with E-state index >= 15 is 0 Å². The van der Waals surface area contributed by atoms with Gasteiger partial charge >= 0.3 is 0 Å². The van der Waals surface area contributed by atoms with Gasteiger partial charge in [-0.15, -0.1) is 0 Å². The van der Waals surface area contributed by atoms with Crippen LogP contribution in [0, 0.1) is 0 Å². The Balaban J connectivity index is 1.99. The lowest BCUT2D eigenvalue weighted by Crippen LogP contribution is -2.27. The number of hydrogen-bond donors (Lipinski definition) is 1. The van der Waals surface area contributed by atoms with Crippen molar-refractivity contribution in [3.8, 4) is 11.4 Å². The molecule has 19 heavy (non-hydrogen) atoms. The predicted molar refractivity (Wildman–Crippen MR) is 75.0 cm³/mol. The number of methoxy groups -OCH3 is 1. The highest BCUT2D eigenvalue weighted by molar-refractivity contribution is 5.40. The van der Waals surface area contributed by atoms with Gasteiger partial charge in [0.2, 0.25) is 0 Å². The maximum absolute atomic E-state index is 5.20. The average Bonchev–Trinajstić information content (AvgIpc) is 3.08. The average molecular weight is 257 g/mol. The largest absolute Gasteiger partial charge is 0.497 e. The van der Waals surface area contributed by atoms with Crippen LogP contribution in [-0.4, -0.2) is 29.8 Å². The molecule has 1 aliphatic rings. The van der Waals surface area contributed by atoms with Gasteiger partial charge in [-0.3, -0.25) is 0 Å². The molecule has 2 aromatic rings. The van der Waals surface area contributed by atoms with Gasteiger partial charge < -0.3 is 14.6 Å². The molecular weight excluding hydrogens is 238 g/mol. The summed E-state index contributed by atoms with van der Waals surface area (Å²) in [5.74, 6) is 0.874. The normalized spacial score (nSPS) is 22.6. The predicted octanol–water partition coefficient (Wildman–Crippen LogP) is 2.13. The SMILES string of the molecule is COc1ccc(-n2cncc2C2(C)CCNC2)cc1. The Hall–Kier alpha value is -1.81. The van der Waals surface area contributed by atoms with Gasteiger partial charge in [-0.25, -0.2) is 4.98 Å². The molecule has 1 aliphatic heterocycles. The number of ether oxygens (including phenoxy) is 1. The summed E-state index contributed by atoms with van der Waals surface area (Å²) in [6.07, 6.45) is 5.02. The number of hydrogen-bond acceptors (Lipinski definition) is 3. The zero-order chi connectivity index (χ0) is 13.3. The first-order valence-electron chi connectivity index (χ1n) is 6.61. The van der Waals surface area contributed by atoms with Crippen molar-refractivity contribution in [2.24, 2.45) is 0 Å². The molecule has 1 N–H and O–H groups in total. The molecule has 1 atom stereocenters. The van der Waals surface area contributed by atoms with Crippen molar-refractivity contribution in [1.82, 2.24) is 14.9 Å². The lowest BCUT2D eigenvalue weighted by molar-refractivity contribution is 0.414. The van der Waals surface area contributed by atoms with Crippen molar-refractivity contribution in [3.05, 3.63) is 42.5 Å². The number of nitrogens with one attached hydrogen (secondary N) is 1. The molecule has 1 aromatic heterocycles. The van der Waals surface area contributed by atoms with Crippen LogP contribution in [0.25, 0.3) is 5.69 Å². The molecule has 0 radical (unpaired) electrons. The smallest absolute Gasteiger partial charge is 0.119 e. The van der Waals surface area contributed by atoms with Crippen molar-refractivity contribution < 1.29 is 4.74 Å². The zero-order valence-electron chi connectivity index (χ0n) is 11.4. The van der Waals surface area contributed by atoms with Crippen LogP contribution in [0.5, 0.6) is 5.75 Å². The van der Waals surface area contributed by atoms with Crippen LogP contribution < -0.4 is 10.1 Å². The van der Waals surface area contributed by atoms with Gasteiger partial charge in [-0.05, 0) is 37.2 Å². The highest BCUT2D eigenvalue weighted by Crippen LogP contribution is 2.31. The third-order valence-corrected chi connectivity index (χ3v) is 3.98. The summed E-state index contributed by atoms with van der Waals surface area (Å²) >= 11 is 0. The summed E-state index contributed by atoms with van der Waals surface area (Å²) < 4.78 is 7.37. The maximum atomic E-state index is 5.20. The molecule has 1 unspecified atom stereocenters. The van der Waals surface area contributed by atoms with E-state index < -0.39 is 0 Å². The van der Waals surface area contributed by atoms with Crippen molar-refractivity contribution >= 4 is 0 Å². The molecule has 0 aliphatic carbocycles.